The van der Waals surface area contributed by atoms with Crippen LogP contribution < -0.4 is 11.2 Å². The van der Waals surface area contributed by atoms with Gasteiger partial charge < -0.3 is 10.5 Å². The fourth-order valence-corrected chi connectivity index (χ4v) is 7.06. The minimum absolute atomic E-state index is 0.0484. The largest absolute Gasteiger partial charge is 0.462 e. The average Bonchev–Trinajstić information content (AvgIpc) is 2.96. The number of carbonyl (C=O) groups is 2. The molecule has 0 unspecified atom stereocenters. The maximum Gasteiger partial charge on any atom is 0.332 e. The number of rotatable bonds is 2. The first-order valence-corrected chi connectivity index (χ1v) is 10.7. The normalized spacial score (nSPS) is 43.4. The van der Waals surface area contributed by atoms with Crippen molar-refractivity contribution < 1.29 is 14.3 Å². The van der Waals surface area contributed by atoms with Crippen molar-refractivity contribution in [3.05, 3.63) is 11.6 Å². The first-order valence-electron chi connectivity index (χ1n) is 10.7. The van der Waals surface area contributed by atoms with Crippen LogP contribution in [0.15, 0.2) is 16.8 Å². The molecule has 154 valence electrons. The maximum atomic E-state index is 11.4. The number of fused-ring (bicyclic) bond motifs is 5. The Morgan fingerprint density at radius 2 is 1.89 bits per heavy atom. The van der Waals surface area contributed by atoms with Crippen molar-refractivity contribution in [2.24, 2.45) is 39.4 Å². The zero-order valence-corrected chi connectivity index (χ0v) is 17.3. The Bertz CT molecular complexity index is 745. The summed E-state index contributed by atoms with van der Waals surface area (Å²) in [4.78, 5) is 22.5. The van der Waals surface area contributed by atoms with E-state index in [9.17, 15) is 9.59 Å². The third kappa shape index (κ3) is 3.05. The molecule has 0 radical (unpaired) electrons. The lowest BCUT2D eigenvalue weighted by Crippen LogP contribution is -2.50. The molecule has 0 aromatic carbocycles. The summed E-state index contributed by atoms with van der Waals surface area (Å²) in [6.45, 7) is 6.29. The van der Waals surface area contributed by atoms with Crippen molar-refractivity contribution in [1.29, 1.82) is 0 Å². The van der Waals surface area contributed by atoms with Crippen LogP contribution in [0.1, 0.15) is 72.1 Å². The minimum Gasteiger partial charge on any atom is -0.462 e. The monoisotopic (exact) mass is 387 g/mol. The summed E-state index contributed by atoms with van der Waals surface area (Å²) in [6.07, 6.45) is 11.0. The van der Waals surface area contributed by atoms with Crippen molar-refractivity contribution in [3.8, 4) is 0 Å². The fraction of sp³-hybridized carbons (Fsp3) is 0.773. The van der Waals surface area contributed by atoms with Gasteiger partial charge in [0.15, 0.2) is 0 Å². The molecule has 3 saturated carbocycles. The molecule has 0 bridgehead atoms. The van der Waals surface area contributed by atoms with Crippen molar-refractivity contribution >= 4 is 17.7 Å². The highest BCUT2D eigenvalue weighted by Crippen LogP contribution is 2.64. The molecule has 6 atom stereocenters. The number of hydrogen-bond donors (Lipinski definition) is 2. The lowest BCUT2D eigenvalue weighted by atomic mass is 9.48. The number of allylic oxidation sites excluding steroid dienone is 1. The van der Waals surface area contributed by atoms with Crippen molar-refractivity contribution in [3.63, 3.8) is 0 Å². The van der Waals surface area contributed by atoms with Crippen LogP contribution in [0.25, 0.3) is 0 Å². The molecule has 6 nitrogen and oxygen atoms in total. The standard InChI is InChI=1S/C22H33N3O3/c1-13(26)28-15-8-10-21(2)14(12-15)4-5-16-17-6-7-19(24-25-20(23)27)22(17,3)11-9-18(16)21/h4,15-18H,5-12H2,1-3H3,(H3,23,25,27)/t15-,16+,17-,18-,21+,22-/m1/s1. The Kier molecular flexibility index (Phi) is 4.79. The zero-order chi connectivity index (χ0) is 20.1. The molecule has 0 aromatic rings. The molecule has 0 spiro atoms. The second kappa shape index (κ2) is 6.89. The third-order valence-corrected chi connectivity index (χ3v) is 8.43. The van der Waals surface area contributed by atoms with Gasteiger partial charge in [-0.25, -0.2) is 10.2 Å². The molecular weight excluding hydrogens is 354 g/mol. The lowest BCUT2D eigenvalue weighted by Gasteiger charge is -2.57. The number of hydrazone groups is 1. The van der Waals surface area contributed by atoms with Crippen LogP contribution in [0, 0.1) is 28.6 Å². The maximum absolute atomic E-state index is 11.4. The van der Waals surface area contributed by atoms with E-state index in [-0.39, 0.29) is 22.9 Å². The molecule has 6 heteroatoms. The van der Waals surface area contributed by atoms with Gasteiger partial charge in [-0.05, 0) is 68.1 Å². The molecule has 0 aliphatic heterocycles. The highest BCUT2D eigenvalue weighted by Gasteiger charge is 2.58. The number of urea groups is 1. The molecular formula is C22H33N3O3. The fourth-order valence-electron chi connectivity index (χ4n) is 7.06. The van der Waals surface area contributed by atoms with Crippen molar-refractivity contribution in [1.82, 2.24) is 5.43 Å². The van der Waals surface area contributed by atoms with Gasteiger partial charge in [-0.3, -0.25) is 4.79 Å². The summed E-state index contributed by atoms with van der Waals surface area (Å²) in [5.41, 5.74) is 10.6. The van der Waals surface area contributed by atoms with Gasteiger partial charge in [-0.15, -0.1) is 0 Å². The molecule has 0 saturated heterocycles. The topological polar surface area (TPSA) is 93.8 Å². The number of nitrogens with one attached hydrogen (secondary N) is 1. The van der Waals surface area contributed by atoms with Crippen LogP contribution in [0.4, 0.5) is 4.79 Å². The highest BCUT2D eigenvalue weighted by atomic mass is 16.5. The number of nitrogens with zero attached hydrogens (tertiary/aromatic N) is 1. The molecule has 28 heavy (non-hydrogen) atoms. The minimum atomic E-state index is -0.587. The van der Waals surface area contributed by atoms with Gasteiger partial charge in [0.2, 0.25) is 0 Å². The van der Waals surface area contributed by atoms with E-state index in [0.29, 0.717) is 17.8 Å². The van der Waals surface area contributed by atoms with Gasteiger partial charge in [0, 0.05) is 24.5 Å². The van der Waals surface area contributed by atoms with Crippen LogP contribution in [0.2, 0.25) is 0 Å². The van der Waals surface area contributed by atoms with E-state index in [0.717, 1.165) is 50.7 Å². The van der Waals surface area contributed by atoms with Gasteiger partial charge in [-0.1, -0.05) is 25.5 Å². The third-order valence-electron chi connectivity index (χ3n) is 8.43. The van der Waals surface area contributed by atoms with E-state index < -0.39 is 6.03 Å². The number of hydrogen-bond acceptors (Lipinski definition) is 4. The molecule has 2 amide bonds. The van der Waals surface area contributed by atoms with Gasteiger partial charge in [0.1, 0.15) is 6.10 Å². The Labute approximate surface area is 167 Å². The number of carbonyl (C=O) groups excluding carboxylic acids is 2. The quantitative estimate of drug-likeness (QED) is 0.427. The average molecular weight is 388 g/mol. The van der Waals surface area contributed by atoms with E-state index in [2.05, 4.69) is 30.5 Å². The van der Waals surface area contributed by atoms with Crippen molar-refractivity contribution in [2.75, 3.05) is 0 Å². The Morgan fingerprint density at radius 3 is 2.61 bits per heavy atom. The van der Waals surface area contributed by atoms with Gasteiger partial charge in [0.25, 0.3) is 0 Å². The van der Waals surface area contributed by atoms with E-state index in [1.54, 1.807) is 0 Å². The molecule has 4 rings (SSSR count). The van der Waals surface area contributed by atoms with Gasteiger partial charge in [-0.2, -0.15) is 5.10 Å². The van der Waals surface area contributed by atoms with Crippen LogP contribution >= 0.6 is 0 Å². The molecule has 3 fully saturated rings. The van der Waals surface area contributed by atoms with Gasteiger partial charge >= 0.3 is 12.0 Å². The van der Waals surface area contributed by atoms with Gasteiger partial charge in [0.05, 0.1) is 0 Å². The molecule has 4 aliphatic rings. The van der Waals surface area contributed by atoms with E-state index in [1.807, 2.05) is 0 Å². The first-order chi connectivity index (χ1) is 13.2. The summed E-state index contributed by atoms with van der Waals surface area (Å²) < 4.78 is 5.53. The summed E-state index contributed by atoms with van der Waals surface area (Å²) in [6, 6.07) is -0.587. The smallest absolute Gasteiger partial charge is 0.332 e. The Hall–Kier alpha value is -1.85. The van der Waals surface area contributed by atoms with Crippen LogP contribution in [-0.4, -0.2) is 23.8 Å². The van der Waals surface area contributed by atoms with Crippen LogP contribution in [-0.2, 0) is 9.53 Å². The Morgan fingerprint density at radius 1 is 1.18 bits per heavy atom. The number of nitrogens with two attached hydrogens (primary N) is 1. The number of primary amides is 1. The van der Waals surface area contributed by atoms with Crippen molar-refractivity contribution in [2.45, 2.75) is 78.2 Å². The highest BCUT2D eigenvalue weighted by molar-refractivity contribution is 5.93. The number of amides is 2. The summed E-state index contributed by atoms with van der Waals surface area (Å²) in [5, 5.41) is 4.38. The van der Waals surface area contributed by atoms with Crippen LogP contribution in [0.3, 0.4) is 0 Å². The molecule has 3 N–H and O–H groups in total. The van der Waals surface area contributed by atoms with E-state index in [1.165, 1.54) is 18.9 Å². The lowest BCUT2D eigenvalue weighted by molar-refractivity contribution is -0.148. The summed E-state index contributed by atoms with van der Waals surface area (Å²) in [5.74, 6) is 1.80. The summed E-state index contributed by atoms with van der Waals surface area (Å²) >= 11 is 0. The first kappa shape index (κ1) is 19.5. The second-order valence-corrected chi connectivity index (χ2v) is 9.76. The molecule has 0 heterocycles. The zero-order valence-electron chi connectivity index (χ0n) is 17.3. The number of esters is 1. The second-order valence-electron chi connectivity index (χ2n) is 9.76. The molecule has 4 aliphatic carbocycles. The van der Waals surface area contributed by atoms with E-state index in [4.69, 9.17) is 10.5 Å². The number of ether oxygens (including phenoxy) is 1. The predicted molar refractivity (Wildman–Crippen MR) is 107 cm³/mol. The SMILES string of the molecule is CC(=O)O[C@@H]1CC[C@@]2(C)C(=CC[C@@H]3[C@H]2CC[C@@]2(C)C(=NNC(N)=O)CC[C@H]32)C1. The molecule has 0 aromatic heterocycles. The summed E-state index contributed by atoms with van der Waals surface area (Å²) in [7, 11) is 0. The predicted octanol–water partition coefficient (Wildman–Crippen LogP) is 3.91. The Balaban J connectivity index is 1.56. The van der Waals surface area contributed by atoms with Crippen LogP contribution in [0.5, 0.6) is 0 Å². The van der Waals surface area contributed by atoms with E-state index >= 15 is 0 Å².